The Balaban J connectivity index is 2.06. The molecule has 2 rings (SSSR count). The van der Waals surface area contributed by atoms with Gasteiger partial charge in [0.1, 0.15) is 0 Å². The van der Waals surface area contributed by atoms with E-state index in [4.69, 9.17) is 9.84 Å². The predicted molar refractivity (Wildman–Crippen MR) is 70.4 cm³/mol. The zero-order valence-corrected chi connectivity index (χ0v) is 11.7. The highest BCUT2D eigenvalue weighted by molar-refractivity contribution is 5.83. The molecule has 1 heterocycles. The predicted octanol–water partition coefficient (Wildman–Crippen LogP) is 0.127. The van der Waals surface area contributed by atoms with Crippen LogP contribution in [0, 0.1) is 0 Å². The molecule has 2 fully saturated rings. The fourth-order valence-electron chi connectivity index (χ4n) is 2.93. The Hall–Kier alpha value is -1.34. The average Bonchev–Trinajstić information content (AvgIpc) is 2.46. The van der Waals surface area contributed by atoms with Crippen LogP contribution in [0.5, 0.6) is 0 Å². The number of hydrogen-bond donors (Lipinski definition) is 2. The Kier molecular flexibility index (Phi) is 4.82. The van der Waals surface area contributed by atoms with Crippen molar-refractivity contribution in [2.45, 2.75) is 43.9 Å². The summed E-state index contributed by atoms with van der Waals surface area (Å²) in [5.41, 5.74) is 0. The van der Waals surface area contributed by atoms with Crippen molar-refractivity contribution in [3.05, 3.63) is 0 Å². The third-order valence-corrected chi connectivity index (χ3v) is 4.15. The smallest absolute Gasteiger partial charge is 0.328 e. The number of likely N-dealkylation sites (N-methyl/N-ethyl adjacent to an activating group) is 1. The number of carbonyl (C=O) groups is 2. The molecule has 3 atom stereocenters. The van der Waals surface area contributed by atoms with Gasteiger partial charge in [-0.15, -0.1) is 0 Å². The second kappa shape index (κ2) is 6.41. The third-order valence-electron chi connectivity index (χ3n) is 4.15. The van der Waals surface area contributed by atoms with Gasteiger partial charge in [-0.25, -0.2) is 9.59 Å². The maximum absolute atomic E-state index is 12.5. The molecular formula is C13H22N2O5. The van der Waals surface area contributed by atoms with E-state index >= 15 is 0 Å². The Bertz CT molecular complexity index is 376. The zero-order valence-electron chi connectivity index (χ0n) is 11.7. The molecule has 0 bridgehead atoms. The number of carboxylic acids is 1. The molecule has 114 valence electrons. The third kappa shape index (κ3) is 3.04. The van der Waals surface area contributed by atoms with Crippen molar-refractivity contribution in [1.29, 1.82) is 0 Å². The standard InChI is InChI=1S/C13H22N2O5/c1-14(9-4-2-3-5-11(9)16)13(19)15-6-7-20-8-10(15)12(17)18/h9-11,16H,2-8H2,1H3,(H,17,18). The first-order chi connectivity index (χ1) is 9.52. The summed E-state index contributed by atoms with van der Waals surface area (Å²) in [6, 6.07) is -1.51. The van der Waals surface area contributed by atoms with Gasteiger partial charge < -0.3 is 24.7 Å². The summed E-state index contributed by atoms with van der Waals surface area (Å²) in [6.07, 6.45) is 2.86. The second-order valence-electron chi connectivity index (χ2n) is 5.43. The number of aliphatic hydroxyl groups excluding tert-OH is 1. The van der Waals surface area contributed by atoms with Gasteiger partial charge in [0, 0.05) is 13.6 Å². The molecule has 3 unspecified atom stereocenters. The number of nitrogens with zero attached hydrogens (tertiary/aromatic N) is 2. The van der Waals surface area contributed by atoms with Crippen molar-refractivity contribution in [3.8, 4) is 0 Å². The summed E-state index contributed by atoms with van der Waals surface area (Å²) in [7, 11) is 1.63. The van der Waals surface area contributed by atoms with Crippen molar-refractivity contribution in [1.82, 2.24) is 9.80 Å². The van der Waals surface area contributed by atoms with Crippen molar-refractivity contribution >= 4 is 12.0 Å². The number of ether oxygens (including phenoxy) is 1. The fourth-order valence-corrected chi connectivity index (χ4v) is 2.93. The minimum atomic E-state index is -1.06. The van der Waals surface area contributed by atoms with Crippen LogP contribution in [0.1, 0.15) is 25.7 Å². The summed E-state index contributed by atoms with van der Waals surface area (Å²) >= 11 is 0. The first kappa shape index (κ1) is 15.1. The molecule has 7 nitrogen and oxygen atoms in total. The van der Waals surface area contributed by atoms with E-state index in [9.17, 15) is 14.7 Å². The quantitative estimate of drug-likeness (QED) is 0.753. The fraction of sp³-hybridized carbons (Fsp3) is 0.846. The molecule has 0 radical (unpaired) electrons. The van der Waals surface area contributed by atoms with Crippen LogP contribution in [0.25, 0.3) is 0 Å². The van der Waals surface area contributed by atoms with E-state index in [0.717, 1.165) is 19.3 Å². The van der Waals surface area contributed by atoms with Gasteiger partial charge in [-0.3, -0.25) is 0 Å². The van der Waals surface area contributed by atoms with Crippen LogP contribution in [0.3, 0.4) is 0 Å². The molecule has 0 aromatic carbocycles. The lowest BCUT2D eigenvalue weighted by Crippen LogP contribution is -2.59. The molecule has 20 heavy (non-hydrogen) atoms. The number of rotatable bonds is 2. The van der Waals surface area contributed by atoms with Crippen molar-refractivity contribution in [3.63, 3.8) is 0 Å². The molecule has 0 spiro atoms. The van der Waals surface area contributed by atoms with Crippen LogP contribution in [0.2, 0.25) is 0 Å². The normalized spacial score (nSPS) is 30.9. The maximum atomic E-state index is 12.5. The van der Waals surface area contributed by atoms with Crippen LogP contribution in [-0.2, 0) is 9.53 Å². The van der Waals surface area contributed by atoms with Crippen LogP contribution in [0.4, 0.5) is 4.79 Å². The molecule has 2 amide bonds. The summed E-state index contributed by atoms with van der Waals surface area (Å²) < 4.78 is 5.13. The lowest BCUT2D eigenvalue weighted by molar-refractivity contribution is -0.147. The monoisotopic (exact) mass is 286 g/mol. The highest BCUT2D eigenvalue weighted by Crippen LogP contribution is 2.24. The van der Waals surface area contributed by atoms with E-state index in [1.165, 1.54) is 9.80 Å². The van der Waals surface area contributed by atoms with Crippen LogP contribution in [-0.4, -0.2) is 77.0 Å². The highest BCUT2D eigenvalue weighted by Gasteiger charge is 2.37. The molecule has 0 aromatic rings. The Morgan fingerprint density at radius 1 is 1.30 bits per heavy atom. The van der Waals surface area contributed by atoms with E-state index in [2.05, 4.69) is 0 Å². The molecule has 2 N–H and O–H groups in total. The molecule has 2 aliphatic rings. The van der Waals surface area contributed by atoms with Crippen LogP contribution >= 0.6 is 0 Å². The number of urea groups is 1. The van der Waals surface area contributed by atoms with E-state index in [1.54, 1.807) is 7.05 Å². The van der Waals surface area contributed by atoms with E-state index in [1.807, 2.05) is 0 Å². The van der Waals surface area contributed by atoms with Crippen LogP contribution < -0.4 is 0 Å². The van der Waals surface area contributed by atoms with Crippen molar-refractivity contribution in [2.24, 2.45) is 0 Å². The highest BCUT2D eigenvalue weighted by atomic mass is 16.5. The number of aliphatic carboxylic acids is 1. The van der Waals surface area contributed by atoms with Crippen molar-refractivity contribution in [2.75, 3.05) is 26.8 Å². The summed E-state index contributed by atoms with van der Waals surface area (Å²) in [4.78, 5) is 26.5. The maximum Gasteiger partial charge on any atom is 0.328 e. The Morgan fingerprint density at radius 2 is 2.00 bits per heavy atom. The van der Waals surface area contributed by atoms with Gasteiger partial charge in [-0.2, -0.15) is 0 Å². The second-order valence-corrected chi connectivity index (χ2v) is 5.43. The van der Waals surface area contributed by atoms with E-state index in [0.29, 0.717) is 13.0 Å². The van der Waals surface area contributed by atoms with E-state index < -0.39 is 18.1 Å². The molecule has 1 saturated carbocycles. The van der Waals surface area contributed by atoms with Gasteiger partial charge >= 0.3 is 12.0 Å². The summed E-state index contributed by atoms with van der Waals surface area (Å²) in [5.74, 6) is -1.06. The number of carboxylic acid groups (broad SMARTS) is 1. The van der Waals surface area contributed by atoms with Gasteiger partial charge in [0.15, 0.2) is 6.04 Å². The summed E-state index contributed by atoms with van der Waals surface area (Å²) in [5, 5.41) is 19.2. The SMILES string of the molecule is CN(C(=O)N1CCOCC1C(=O)O)C1CCCCC1O. The summed E-state index contributed by atoms with van der Waals surface area (Å²) in [6.45, 7) is 0.627. The van der Waals surface area contributed by atoms with Gasteiger partial charge in [-0.1, -0.05) is 12.8 Å². The van der Waals surface area contributed by atoms with Gasteiger partial charge in [0.25, 0.3) is 0 Å². The Morgan fingerprint density at radius 3 is 2.65 bits per heavy atom. The minimum absolute atomic E-state index is 0.0160. The van der Waals surface area contributed by atoms with E-state index in [-0.39, 0.29) is 25.2 Å². The molecule has 1 aliphatic heterocycles. The molecular weight excluding hydrogens is 264 g/mol. The van der Waals surface area contributed by atoms with Crippen LogP contribution in [0.15, 0.2) is 0 Å². The molecule has 0 aromatic heterocycles. The molecule has 1 aliphatic carbocycles. The van der Waals surface area contributed by atoms with Gasteiger partial charge in [0.2, 0.25) is 0 Å². The number of carbonyl (C=O) groups excluding carboxylic acids is 1. The number of aliphatic hydroxyl groups is 1. The first-order valence-corrected chi connectivity index (χ1v) is 7.04. The largest absolute Gasteiger partial charge is 0.480 e. The first-order valence-electron chi connectivity index (χ1n) is 7.04. The van der Waals surface area contributed by atoms with Gasteiger partial charge in [0.05, 0.1) is 25.4 Å². The number of amides is 2. The topological polar surface area (TPSA) is 90.3 Å². The molecule has 1 saturated heterocycles. The lowest BCUT2D eigenvalue weighted by atomic mass is 9.92. The number of morpholine rings is 1. The average molecular weight is 286 g/mol. The van der Waals surface area contributed by atoms with Crippen molar-refractivity contribution < 1.29 is 24.5 Å². The Labute approximate surface area is 118 Å². The molecule has 7 heteroatoms. The lowest BCUT2D eigenvalue weighted by Gasteiger charge is -2.40. The van der Waals surface area contributed by atoms with Gasteiger partial charge in [-0.05, 0) is 12.8 Å². The zero-order chi connectivity index (χ0) is 14.7. The number of hydrogen-bond acceptors (Lipinski definition) is 4. The minimum Gasteiger partial charge on any atom is -0.480 e.